The Balaban J connectivity index is 2.43. The largest absolute Gasteiger partial charge is 0.506 e. The molecule has 1 N–H and O–H groups in total. The Morgan fingerprint density at radius 2 is 1.58 bits per heavy atom. The summed E-state index contributed by atoms with van der Waals surface area (Å²) in [4.78, 5) is 1.87. The van der Waals surface area contributed by atoms with Crippen molar-refractivity contribution in [1.82, 2.24) is 0 Å². The minimum Gasteiger partial charge on any atom is -0.506 e. The van der Waals surface area contributed by atoms with Gasteiger partial charge in [0.15, 0.2) is 0 Å². The Hall–Kier alpha value is -1.20. The molecule has 0 aromatic heterocycles. The first kappa shape index (κ1) is 14.2. The number of nitrogens with zero attached hydrogens (tertiary/aromatic N) is 1. The Morgan fingerprint density at radius 3 is 2.05 bits per heavy atom. The van der Waals surface area contributed by atoms with E-state index in [9.17, 15) is 5.11 Å². The lowest BCUT2D eigenvalue weighted by molar-refractivity contribution is 0.00578. The molecule has 1 saturated heterocycles. The summed E-state index contributed by atoms with van der Waals surface area (Å²) in [5.41, 5.74) is 0.823. The zero-order valence-electron chi connectivity index (χ0n) is 12.5. The van der Waals surface area contributed by atoms with Gasteiger partial charge in [0.05, 0.1) is 16.9 Å². The third-order valence-electron chi connectivity index (χ3n) is 4.00. The summed E-state index contributed by atoms with van der Waals surface area (Å²) in [6, 6.07) is 5.41. The van der Waals surface area contributed by atoms with Crippen molar-refractivity contribution in [3.05, 3.63) is 18.2 Å². The van der Waals surface area contributed by atoms with E-state index in [0.717, 1.165) is 11.2 Å². The van der Waals surface area contributed by atoms with E-state index >= 15 is 0 Å². The standard InChI is InChI=1S/C14H22BNO3/c1-13(2)14(3,4)19-15(18-13)10-8-7-9-11(17)12(10)16(5)6/h7-9,17H,1-6H3. The molecule has 1 fully saturated rings. The third kappa shape index (κ3) is 2.32. The summed E-state index contributed by atoms with van der Waals surface area (Å²) in [5.74, 6) is 0.234. The van der Waals surface area contributed by atoms with Crippen LogP contribution in [0, 0.1) is 0 Å². The van der Waals surface area contributed by atoms with Gasteiger partial charge in [-0.05, 0) is 33.8 Å². The van der Waals surface area contributed by atoms with E-state index in [-0.39, 0.29) is 17.0 Å². The second-order valence-corrected chi connectivity index (χ2v) is 6.20. The van der Waals surface area contributed by atoms with Gasteiger partial charge in [0, 0.05) is 19.6 Å². The Bertz CT molecular complexity index is 470. The summed E-state index contributed by atoms with van der Waals surface area (Å²) >= 11 is 0. The Kier molecular flexibility index (Phi) is 3.31. The molecule has 1 heterocycles. The van der Waals surface area contributed by atoms with Gasteiger partial charge in [-0.15, -0.1) is 0 Å². The lowest BCUT2D eigenvalue weighted by Crippen LogP contribution is -2.41. The average Bonchev–Trinajstić information content (AvgIpc) is 2.47. The molecule has 0 aliphatic carbocycles. The van der Waals surface area contributed by atoms with Crippen LogP contribution in [-0.2, 0) is 9.31 Å². The van der Waals surface area contributed by atoms with E-state index in [2.05, 4.69) is 0 Å². The summed E-state index contributed by atoms with van der Waals surface area (Å²) in [6.45, 7) is 8.08. The fourth-order valence-electron chi connectivity index (χ4n) is 2.20. The number of phenols is 1. The molecule has 104 valence electrons. The monoisotopic (exact) mass is 263 g/mol. The fraction of sp³-hybridized carbons (Fsp3) is 0.571. The normalized spacial score (nSPS) is 20.6. The molecule has 2 rings (SSSR count). The number of aromatic hydroxyl groups is 1. The molecule has 1 aromatic rings. The fourth-order valence-corrected chi connectivity index (χ4v) is 2.20. The predicted octanol–water partition coefficient (Wildman–Crippen LogP) is 1.76. The lowest BCUT2D eigenvalue weighted by atomic mass is 9.77. The van der Waals surface area contributed by atoms with Gasteiger partial charge in [0.2, 0.25) is 0 Å². The molecule has 0 saturated carbocycles. The predicted molar refractivity (Wildman–Crippen MR) is 78.1 cm³/mol. The molecule has 19 heavy (non-hydrogen) atoms. The smallest absolute Gasteiger partial charge is 0.497 e. The van der Waals surface area contributed by atoms with Crippen LogP contribution in [0.1, 0.15) is 27.7 Å². The van der Waals surface area contributed by atoms with Crippen molar-refractivity contribution in [1.29, 1.82) is 0 Å². The van der Waals surface area contributed by atoms with Crippen LogP contribution in [0.2, 0.25) is 0 Å². The topological polar surface area (TPSA) is 41.9 Å². The molecular formula is C14H22BNO3. The molecule has 0 unspecified atom stereocenters. The summed E-state index contributed by atoms with van der Waals surface area (Å²) < 4.78 is 12.1. The van der Waals surface area contributed by atoms with Crippen molar-refractivity contribution in [2.75, 3.05) is 19.0 Å². The number of hydrogen-bond acceptors (Lipinski definition) is 4. The Labute approximate surface area is 115 Å². The van der Waals surface area contributed by atoms with E-state index in [1.165, 1.54) is 0 Å². The number of para-hydroxylation sites is 1. The van der Waals surface area contributed by atoms with E-state index in [1.807, 2.05) is 58.8 Å². The van der Waals surface area contributed by atoms with Gasteiger partial charge in [-0.1, -0.05) is 12.1 Å². The van der Waals surface area contributed by atoms with Gasteiger partial charge in [-0.25, -0.2) is 0 Å². The molecule has 1 aliphatic rings. The van der Waals surface area contributed by atoms with Crippen molar-refractivity contribution in [2.45, 2.75) is 38.9 Å². The number of hydrogen-bond donors (Lipinski definition) is 1. The number of anilines is 1. The van der Waals surface area contributed by atoms with Gasteiger partial charge >= 0.3 is 7.12 Å². The second kappa shape index (κ2) is 4.42. The molecule has 1 aromatic carbocycles. The van der Waals surface area contributed by atoms with Crippen LogP contribution in [0.4, 0.5) is 5.69 Å². The highest BCUT2D eigenvalue weighted by Gasteiger charge is 2.52. The lowest BCUT2D eigenvalue weighted by Gasteiger charge is -2.32. The van der Waals surface area contributed by atoms with Crippen LogP contribution < -0.4 is 10.4 Å². The van der Waals surface area contributed by atoms with Gasteiger partial charge in [0.25, 0.3) is 0 Å². The van der Waals surface area contributed by atoms with E-state index in [0.29, 0.717) is 0 Å². The zero-order valence-corrected chi connectivity index (χ0v) is 12.5. The van der Waals surface area contributed by atoms with Gasteiger partial charge < -0.3 is 19.3 Å². The number of rotatable bonds is 2. The minimum atomic E-state index is -0.463. The first-order valence-corrected chi connectivity index (χ1v) is 6.50. The van der Waals surface area contributed by atoms with Crippen molar-refractivity contribution in [3.8, 4) is 5.75 Å². The maximum Gasteiger partial charge on any atom is 0.497 e. The Morgan fingerprint density at radius 1 is 1.05 bits per heavy atom. The first-order chi connectivity index (χ1) is 8.66. The van der Waals surface area contributed by atoms with Crippen LogP contribution in [-0.4, -0.2) is 37.5 Å². The highest BCUT2D eigenvalue weighted by Crippen LogP contribution is 2.37. The molecule has 0 spiro atoms. The highest BCUT2D eigenvalue weighted by molar-refractivity contribution is 6.64. The second-order valence-electron chi connectivity index (χ2n) is 6.20. The van der Waals surface area contributed by atoms with Crippen LogP contribution in [0.15, 0.2) is 18.2 Å². The van der Waals surface area contributed by atoms with Gasteiger partial charge in [0.1, 0.15) is 5.75 Å². The van der Waals surface area contributed by atoms with Crippen molar-refractivity contribution in [3.63, 3.8) is 0 Å². The van der Waals surface area contributed by atoms with Crippen LogP contribution in [0.25, 0.3) is 0 Å². The summed E-state index contributed by atoms with van der Waals surface area (Å²) in [6.07, 6.45) is 0. The molecule has 1 aliphatic heterocycles. The van der Waals surface area contributed by atoms with Crippen molar-refractivity contribution in [2.24, 2.45) is 0 Å². The quantitative estimate of drug-likeness (QED) is 0.825. The van der Waals surface area contributed by atoms with Crippen molar-refractivity contribution < 1.29 is 14.4 Å². The number of phenolic OH excluding ortho intramolecular Hbond substituents is 1. The van der Waals surface area contributed by atoms with Crippen LogP contribution in [0.3, 0.4) is 0 Å². The number of benzene rings is 1. The molecule has 0 amide bonds. The molecule has 0 atom stereocenters. The van der Waals surface area contributed by atoms with Crippen molar-refractivity contribution >= 4 is 18.3 Å². The maximum atomic E-state index is 10.0. The maximum absolute atomic E-state index is 10.0. The molecule has 0 bridgehead atoms. The van der Waals surface area contributed by atoms with Crippen LogP contribution >= 0.6 is 0 Å². The van der Waals surface area contributed by atoms with E-state index < -0.39 is 7.12 Å². The summed E-state index contributed by atoms with van der Waals surface area (Å²) in [7, 11) is 3.32. The molecule has 4 nitrogen and oxygen atoms in total. The van der Waals surface area contributed by atoms with E-state index in [4.69, 9.17) is 9.31 Å². The third-order valence-corrected chi connectivity index (χ3v) is 4.00. The highest BCUT2D eigenvalue weighted by atomic mass is 16.7. The summed E-state index contributed by atoms with van der Waals surface area (Å²) in [5, 5.41) is 10.0. The molecule has 5 heteroatoms. The SMILES string of the molecule is CN(C)c1c(O)cccc1B1OC(C)(C)C(C)(C)O1. The molecular weight excluding hydrogens is 241 g/mol. The first-order valence-electron chi connectivity index (χ1n) is 6.50. The minimum absolute atomic E-state index is 0.234. The van der Waals surface area contributed by atoms with Gasteiger partial charge in [-0.2, -0.15) is 0 Å². The van der Waals surface area contributed by atoms with Crippen LogP contribution in [0.5, 0.6) is 5.75 Å². The average molecular weight is 263 g/mol. The zero-order chi connectivity index (χ0) is 14.4. The molecule has 0 radical (unpaired) electrons. The van der Waals surface area contributed by atoms with Gasteiger partial charge in [-0.3, -0.25) is 0 Å². The van der Waals surface area contributed by atoms with E-state index in [1.54, 1.807) is 6.07 Å².